The zero-order valence-corrected chi connectivity index (χ0v) is 27.7. The van der Waals surface area contributed by atoms with Gasteiger partial charge in [0.05, 0.1) is 0 Å². The Morgan fingerprint density at radius 2 is 0.953 bits per heavy atom. The van der Waals surface area contributed by atoms with Crippen molar-refractivity contribution in [3.05, 3.63) is 72.9 Å². The van der Waals surface area contributed by atoms with E-state index in [0.717, 1.165) is 57.8 Å². The Bertz CT molecular complexity index is 815. The van der Waals surface area contributed by atoms with Crippen LogP contribution in [-0.4, -0.2) is 23.1 Å². The summed E-state index contributed by atoms with van der Waals surface area (Å²) >= 11 is 0. The summed E-state index contributed by atoms with van der Waals surface area (Å²) in [5, 5.41) is 8.97. The van der Waals surface area contributed by atoms with Gasteiger partial charge in [-0.15, -0.1) is 0 Å². The molecule has 0 amide bonds. The zero-order valence-electron chi connectivity index (χ0n) is 27.7. The van der Waals surface area contributed by atoms with Gasteiger partial charge >= 0.3 is 11.9 Å². The van der Waals surface area contributed by atoms with Crippen LogP contribution in [0.3, 0.4) is 0 Å². The second kappa shape index (κ2) is 33.9. The predicted molar refractivity (Wildman–Crippen MR) is 185 cm³/mol. The molecular formula is C39H64O4. The van der Waals surface area contributed by atoms with Gasteiger partial charge in [0.2, 0.25) is 0 Å². The largest absolute Gasteiger partial charge is 0.481 e. The summed E-state index contributed by atoms with van der Waals surface area (Å²) in [5.74, 6) is -0.964. The quantitative estimate of drug-likeness (QED) is 0.0509. The highest BCUT2D eigenvalue weighted by molar-refractivity contribution is 5.69. The molecule has 244 valence electrons. The highest BCUT2D eigenvalue weighted by Crippen LogP contribution is 2.17. The van der Waals surface area contributed by atoms with E-state index in [4.69, 9.17) is 9.84 Å². The van der Waals surface area contributed by atoms with Crippen molar-refractivity contribution < 1.29 is 19.4 Å². The first-order valence-corrected chi connectivity index (χ1v) is 17.4. The van der Waals surface area contributed by atoms with Crippen LogP contribution in [-0.2, 0) is 14.3 Å². The van der Waals surface area contributed by atoms with Gasteiger partial charge in [-0.2, -0.15) is 0 Å². The van der Waals surface area contributed by atoms with Gasteiger partial charge in [0.1, 0.15) is 6.10 Å². The molecule has 0 aromatic rings. The van der Waals surface area contributed by atoms with Crippen molar-refractivity contribution >= 4 is 11.9 Å². The Kier molecular flexibility index (Phi) is 31.8. The van der Waals surface area contributed by atoms with Crippen molar-refractivity contribution in [3.8, 4) is 0 Å². The summed E-state index contributed by atoms with van der Waals surface area (Å²) in [5.41, 5.74) is 0. The highest BCUT2D eigenvalue weighted by Gasteiger charge is 2.14. The number of esters is 1. The minimum absolute atomic E-state index is 0.130. The third-order valence-corrected chi connectivity index (χ3v) is 7.21. The molecule has 0 aliphatic heterocycles. The second-order valence-electron chi connectivity index (χ2n) is 11.3. The van der Waals surface area contributed by atoms with E-state index in [1.54, 1.807) is 0 Å². The molecule has 0 rings (SSSR count). The third kappa shape index (κ3) is 33.7. The SMILES string of the molecule is CC/C=C\C/C=C\C/C=C\C/C=C\C/C=C\C/C=C\CCC(=O)OC(CCCCCCCCCCCC)CCCC(=O)O. The maximum absolute atomic E-state index is 12.4. The number of carboxylic acids is 1. The van der Waals surface area contributed by atoms with E-state index in [1.165, 1.54) is 51.4 Å². The molecule has 0 aliphatic carbocycles. The molecule has 0 aliphatic rings. The minimum atomic E-state index is -0.790. The van der Waals surface area contributed by atoms with Crippen LogP contribution in [0.15, 0.2) is 72.9 Å². The summed E-state index contributed by atoms with van der Waals surface area (Å²) in [4.78, 5) is 23.3. The number of unbranched alkanes of at least 4 members (excludes halogenated alkanes) is 9. The van der Waals surface area contributed by atoms with Gasteiger partial charge in [-0.1, -0.05) is 145 Å². The first kappa shape index (κ1) is 40.4. The molecule has 0 saturated carbocycles. The molecule has 4 heteroatoms. The van der Waals surface area contributed by atoms with Crippen molar-refractivity contribution in [1.82, 2.24) is 0 Å². The number of aliphatic carboxylic acids is 1. The minimum Gasteiger partial charge on any atom is -0.481 e. The van der Waals surface area contributed by atoms with E-state index in [0.29, 0.717) is 25.7 Å². The average Bonchev–Trinajstić information content (AvgIpc) is 2.99. The van der Waals surface area contributed by atoms with Gasteiger partial charge in [-0.3, -0.25) is 9.59 Å². The van der Waals surface area contributed by atoms with Crippen LogP contribution in [0.1, 0.15) is 155 Å². The number of carboxylic acid groups (broad SMARTS) is 1. The van der Waals surface area contributed by atoms with Crippen LogP contribution in [0.2, 0.25) is 0 Å². The van der Waals surface area contributed by atoms with Crippen LogP contribution >= 0.6 is 0 Å². The molecule has 1 atom stereocenters. The Morgan fingerprint density at radius 3 is 1.42 bits per heavy atom. The molecule has 0 saturated heterocycles. The van der Waals surface area contributed by atoms with Crippen molar-refractivity contribution in [3.63, 3.8) is 0 Å². The Balaban J connectivity index is 4.02. The van der Waals surface area contributed by atoms with Crippen LogP contribution in [0.5, 0.6) is 0 Å². The summed E-state index contributed by atoms with van der Waals surface area (Å²) in [6.45, 7) is 4.40. The van der Waals surface area contributed by atoms with Gasteiger partial charge in [-0.05, 0) is 70.6 Å². The molecule has 0 aromatic heterocycles. The van der Waals surface area contributed by atoms with Crippen LogP contribution in [0, 0.1) is 0 Å². The monoisotopic (exact) mass is 596 g/mol. The van der Waals surface area contributed by atoms with E-state index in [1.807, 2.05) is 6.08 Å². The van der Waals surface area contributed by atoms with Gasteiger partial charge in [0.15, 0.2) is 0 Å². The number of hydrogen-bond donors (Lipinski definition) is 1. The van der Waals surface area contributed by atoms with Crippen molar-refractivity contribution in [2.45, 2.75) is 161 Å². The van der Waals surface area contributed by atoms with E-state index in [2.05, 4.69) is 80.7 Å². The summed E-state index contributed by atoms with van der Waals surface area (Å²) in [6.07, 6.45) is 47.7. The van der Waals surface area contributed by atoms with E-state index in [9.17, 15) is 9.59 Å². The van der Waals surface area contributed by atoms with Crippen molar-refractivity contribution in [2.75, 3.05) is 0 Å². The molecule has 0 aromatic carbocycles. The Hall–Kier alpha value is -2.62. The number of carbonyl (C=O) groups excluding carboxylic acids is 1. The standard InChI is InChI=1S/C39H64O4/c1-3-5-7-9-11-13-15-16-17-18-19-20-21-22-23-25-27-29-31-36-39(42)43-37(34-32-35-38(40)41)33-30-28-26-24-14-12-10-8-6-4-2/h5,7,11,13,16-17,19-20,22-23,27,29,37H,3-4,6,8-10,12,14-15,18,21,24-26,28,30-36H2,1-2H3,(H,40,41)/b7-5-,13-11-,17-16-,20-19-,23-22-,29-27-. The third-order valence-electron chi connectivity index (χ3n) is 7.21. The Labute approximate surface area is 265 Å². The van der Waals surface area contributed by atoms with Crippen LogP contribution in [0.25, 0.3) is 0 Å². The van der Waals surface area contributed by atoms with Gasteiger partial charge in [0.25, 0.3) is 0 Å². The number of rotatable bonds is 30. The van der Waals surface area contributed by atoms with Gasteiger partial charge < -0.3 is 9.84 Å². The number of allylic oxidation sites excluding steroid dienone is 12. The molecule has 1 unspecified atom stereocenters. The van der Waals surface area contributed by atoms with Crippen molar-refractivity contribution in [2.24, 2.45) is 0 Å². The molecule has 4 nitrogen and oxygen atoms in total. The fourth-order valence-corrected chi connectivity index (χ4v) is 4.69. The van der Waals surface area contributed by atoms with E-state index in [-0.39, 0.29) is 18.5 Å². The molecule has 43 heavy (non-hydrogen) atoms. The van der Waals surface area contributed by atoms with E-state index >= 15 is 0 Å². The lowest BCUT2D eigenvalue weighted by molar-refractivity contribution is -0.149. The molecule has 0 spiro atoms. The molecule has 0 radical (unpaired) electrons. The zero-order chi connectivity index (χ0) is 31.5. The lowest BCUT2D eigenvalue weighted by Crippen LogP contribution is -2.18. The first-order valence-electron chi connectivity index (χ1n) is 17.4. The lowest BCUT2D eigenvalue weighted by Gasteiger charge is -2.17. The van der Waals surface area contributed by atoms with Crippen LogP contribution < -0.4 is 0 Å². The predicted octanol–water partition coefficient (Wildman–Crippen LogP) is 11.9. The molecular weight excluding hydrogens is 532 g/mol. The topological polar surface area (TPSA) is 63.6 Å². The smallest absolute Gasteiger partial charge is 0.306 e. The highest BCUT2D eigenvalue weighted by atomic mass is 16.5. The maximum atomic E-state index is 12.4. The first-order chi connectivity index (χ1) is 21.1. The fraction of sp³-hybridized carbons (Fsp3) is 0.641. The van der Waals surface area contributed by atoms with E-state index < -0.39 is 5.97 Å². The molecule has 1 N–H and O–H groups in total. The number of carbonyl (C=O) groups is 2. The normalized spacial score (nSPS) is 13.2. The molecule has 0 bridgehead atoms. The maximum Gasteiger partial charge on any atom is 0.306 e. The number of hydrogen-bond acceptors (Lipinski definition) is 3. The fourth-order valence-electron chi connectivity index (χ4n) is 4.69. The lowest BCUT2D eigenvalue weighted by atomic mass is 10.0. The second-order valence-corrected chi connectivity index (χ2v) is 11.3. The van der Waals surface area contributed by atoms with Gasteiger partial charge in [0, 0.05) is 12.8 Å². The average molecular weight is 597 g/mol. The van der Waals surface area contributed by atoms with Gasteiger partial charge in [-0.25, -0.2) is 0 Å². The summed E-state index contributed by atoms with van der Waals surface area (Å²) in [7, 11) is 0. The van der Waals surface area contributed by atoms with Crippen molar-refractivity contribution in [1.29, 1.82) is 0 Å². The number of ether oxygens (including phenoxy) is 1. The summed E-state index contributed by atoms with van der Waals surface area (Å²) in [6, 6.07) is 0. The Morgan fingerprint density at radius 1 is 0.535 bits per heavy atom. The summed E-state index contributed by atoms with van der Waals surface area (Å²) < 4.78 is 5.75. The molecule has 0 heterocycles. The van der Waals surface area contributed by atoms with Crippen LogP contribution in [0.4, 0.5) is 0 Å². The molecule has 0 fully saturated rings.